The van der Waals surface area contributed by atoms with Gasteiger partial charge < -0.3 is 5.11 Å². The van der Waals surface area contributed by atoms with Crippen LogP contribution in [0.3, 0.4) is 0 Å². The monoisotopic (exact) mass is 288 g/mol. The van der Waals surface area contributed by atoms with Gasteiger partial charge in [0.05, 0.1) is 0 Å². The lowest BCUT2D eigenvalue weighted by Gasteiger charge is -2.14. The van der Waals surface area contributed by atoms with Crippen LogP contribution in [0.15, 0.2) is 72.8 Å². The van der Waals surface area contributed by atoms with Crippen molar-refractivity contribution in [3.05, 3.63) is 95.1 Å². The molecule has 3 aromatic carbocycles. The molecule has 0 aliphatic carbocycles. The lowest BCUT2D eigenvalue weighted by molar-refractivity contribution is 0.220. The highest BCUT2D eigenvalue weighted by Crippen LogP contribution is 2.26. The van der Waals surface area contributed by atoms with E-state index in [2.05, 4.69) is 50.2 Å². The lowest BCUT2D eigenvalue weighted by Crippen LogP contribution is -2.00. The van der Waals surface area contributed by atoms with Crippen molar-refractivity contribution < 1.29 is 5.11 Å². The van der Waals surface area contributed by atoms with Crippen molar-refractivity contribution in [1.29, 1.82) is 0 Å². The summed E-state index contributed by atoms with van der Waals surface area (Å²) in [6.45, 7) is 4.16. The fourth-order valence-corrected chi connectivity index (χ4v) is 2.62. The molecule has 3 aromatic rings. The van der Waals surface area contributed by atoms with E-state index in [1.54, 1.807) is 0 Å². The van der Waals surface area contributed by atoms with Gasteiger partial charge in [-0.3, -0.25) is 0 Å². The smallest absolute Gasteiger partial charge is 0.104 e. The predicted octanol–water partition coefficient (Wildman–Crippen LogP) is 5.05. The zero-order chi connectivity index (χ0) is 15.5. The van der Waals surface area contributed by atoms with Gasteiger partial charge in [0, 0.05) is 0 Å². The molecule has 0 heterocycles. The highest BCUT2D eigenvalue weighted by atomic mass is 16.3. The van der Waals surface area contributed by atoms with Gasteiger partial charge in [-0.25, -0.2) is 0 Å². The van der Waals surface area contributed by atoms with Gasteiger partial charge in [-0.15, -0.1) is 0 Å². The second kappa shape index (κ2) is 6.17. The SMILES string of the molecule is Cc1ccc(C(O)c2ccc(-c3ccccc3)cc2)cc1C. The van der Waals surface area contributed by atoms with Gasteiger partial charge in [0.1, 0.15) is 6.10 Å². The van der Waals surface area contributed by atoms with Crippen molar-refractivity contribution in [2.45, 2.75) is 20.0 Å². The highest BCUT2D eigenvalue weighted by Gasteiger charge is 2.11. The van der Waals surface area contributed by atoms with Gasteiger partial charge >= 0.3 is 0 Å². The van der Waals surface area contributed by atoms with E-state index >= 15 is 0 Å². The summed E-state index contributed by atoms with van der Waals surface area (Å²) in [6.07, 6.45) is -0.580. The molecule has 0 radical (unpaired) electrons. The number of rotatable bonds is 3. The van der Waals surface area contributed by atoms with Crippen molar-refractivity contribution >= 4 is 0 Å². The first-order valence-corrected chi connectivity index (χ1v) is 7.56. The van der Waals surface area contributed by atoms with Crippen molar-refractivity contribution in [3.8, 4) is 11.1 Å². The lowest BCUT2D eigenvalue weighted by atomic mass is 9.96. The van der Waals surface area contributed by atoms with E-state index in [1.165, 1.54) is 16.7 Å². The van der Waals surface area contributed by atoms with Gasteiger partial charge in [0.2, 0.25) is 0 Å². The van der Waals surface area contributed by atoms with E-state index in [0.29, 0.717) is 0 Å². The molecule has 0 fully saturated rings. The van der Waals surface area contributed by atoms with E-state index in [4.69, 9.17) is 0 Å². The summed E-state index contributed by atoms with van der Waals surface area (Å²) < 4.78 is 0. The standard InChI is InChI=1S/C21H20O/c1-15-8-9-20(14-16(15)2)21(22)19-12-10-18(11-13-19)17-6-4-3-5-7-17/h3-14,21-22H,1-2H3. The Balaban J connectivity index is 1.87. The Hall–Kier alpha value is -2.38. The molecule has 0 aromatic heterocycles. The average molecular weight is 288 g/mol. The third kappa shape index (κ3) is 2.95. The molecule has 1 N–H and O–H groups in total. The van der Waals surface area contributed by atoms with E-state index < -0.39 is 6.10 Å². The zero-order valence-electron chi connectivity index (χ0n) is 13.0. The minimum Gasteiger partial charge on any atom is -0.384 e. The average Bonchev–Trinajstić information content (AvgIpc) is 2.58. The Morgan fingerprint density at radius 1 is 0.636 bits per heavy atom. The molecule has 3 rings (SSSR count). The summed E-state index contributed by atoms with van der Waals surface area (Å²) in [6, 6.07) is 24.5. The maximum absolute atomic E-state index is 10.6. The number of hydrogen-bond donors (Lipinski definition) is 1. The van der Waals surface area contributed by atoms with Crippen LogP contribution in [-0.2, 0) is 0 Å². The van der Waals surface area contributed by atoms with Crippen LogP contribution in [0.5, 0.6) is 0 Å². The van der Waals surface area contributed by atoms with Gasteiger partial charge in [0.25, 0.3) is 0 Å². The van der Waals surface area contributed by atoms with Gasteiger partial charge in [-0.05, 0) is 47.2 Å². The van der Waals surface area contributed by atoms with E-state index in [1.807, 2.05) is 36.4 Å². The van der Waals surface area contributed by atoms with Crippen molar-refractivity contribution in [2.75, 3.05) is 0 Å². The van der Waals surface area contributed by atoms with Crippen LogP contribution in [0.2, 0.25) is 0 Å². The maximum atomic E-state index is 10.6. The summed E-state index contributed by atoms with van der Waals surface area (Å²) >= 11 is 0. The largest absolute Gasteiger partial charge is 0.384 e. The minimum atomic E-state index is -0.580. The van der Waals surface area contributed by atoms with Gasteiger partial charge in [0.15, 0.2) is 0 Å². The quantitative estimate of drug-likeness (QED) is 0.715. The third-order valence-corrected chi connectivity index (χ3v) is 4.18. The molecule has 1 nitrogen and oxygen atoms in total. The summed E-state index contributed by atoms with van der Waals surface area (Å²) in [5, 5.41) is 10.6. The zero-order valence-corrected chi connectivity index (χ0v) is 13.0. The molecule has 0 aliphatic rings. The van der Waals surface area contributed by atoms with Crippen LogP contribution in [0.1, 0.15) is 28.4 Å². The Morgan fingerprint density at radius 3 is 1.86 bits per heavy atom. The Kier molecular flexibility index (Phi) is 4.08. The van der Waals surface area contributed by atoms with Crippen molar-refractivity contribution in [2.24, 2.45) is 0 Å². The molecule has 1 atom stereocenters. The van der Waals surface area contributed by atoms with Crippen LogP contribution in [-0.4, -0.2) is 5.11 Å². The molecule has 0 saturated heterocycles. The second-order valence-electron chi connectivity index (χ2n) is 5.73. The first kappa shape index (κ1) is 14.6. The predicted molar refractivity (Wildman–Crippen MR) is 91.9 cm³/mol. The molecule has 0 amide bonds. The number of benzene rings is 3. The van der Waals surface area contributed by atoms with Crippen LogP contribution in [0.25, 0.3) is 11.1 Å². The summed E-state index contributed by atoms with van der Waals surface area (Å²) in [5.41, 5.74) is 6.66. The molecule has 1 unspecified atom stereocenters. The van der Waals surface area contributed by atoms with Gasteiger partial charge in [-0.2, -0.15) is 0 Å². The van der Waals surface area contributed by atoms with E-state index in [0.717, 1.165) is 16.7 Å². The van der Waals surface area contributed by atoms with Crippen LogP contribution in [0, 0.1) is 13.8 Å². The van der Waals surface area contributed by atoms with Crippen LogP contribution in [0.4, 0.5) is 0 Å². The van der Waals surface area contributed by atoms with Gasteiger partial charge in [-0.1, -0.05) is 72.8 Å². The van der Waals surface area contributed by atoms with E-state index in [-0.39, 0.29) is 0 Å². The molecule has 22 heavy (non-hydrogen) atoms. The molecule has 0 saturated carbocycles. The normalized spacial score (nSPS) is 12.1. The highest BCUT2D eigenvalue weighted by molar-refractivity contribution is 5.63. The topological polar surface area (TPSA) is 20.2 Å². The molecular weight excluding hydrogens is 268 g/mol. The Bertz CT molecular complexity index is 758. The maximum Gasteiger partial charge on any atom is 0.104 e. The molecule has 110 valence electrons. The number of aryl methyl sites for hydroxylation is 2. The molecule has 0 bridgehead atoms. The van der Waals surface area contributed by atoms with Crippen LogP contribution < -0.4 is 0 Å². The summed E-state index contributed by atoms with van der Waals surface area (Å²) in [4.78, 5) is 0. The number of hydrogen-bond acceptors (Lipinski definition) is 1. The first-order chi connectivity index (χ1) is 10.6. The minimum absolute atomic E-state index is 0.580. The van der Waals surface area contributed by atoms with E-state index in [9.17, 15) is 5.11 Å². The fourth-order valence-electron chi connectivity index (χ4n) is 2.62. The molecule has 0 aliphatic heterocycles. The first-order valence-electron chi connectivity index (χ1n) is 7.56. The number of aliphatic hydroxyl groups excluding tert-OH is 1. The van der Waals surface area contributed by atoms with Crippen molar-refractivity contribution in [1.82, 2.24) is 0 Å². The fraction of sp³-hybridized carbons (Fsp3) is 0.143. The van der Waals surface area contributed by atoms with Crippen LogP contribution >= 0.6 is 0 Å². The molecular formula is C21H20O. The summed E-state index contributed by atoms with van der Waals surface area (Å²) in [5.74, 6) is 0. The molecule has 1 heteroatoms. The Labute approximate surface area is 131 Å². The second-order valence-corrected chi connectivity index (χ2v) is 5.73. The summed E-state index contributed by atoms with van der Waals surface area (Å²) in [7, 11) is 0. The Morgan fingerprint density at radius 2 is 1.23 bits per heavy atom. The third-order valence-electron chi connectivity index (χ3n) is 4.18. The van der Waals surface area contributed by atoms with Crippen molar-refractivity contribution in [3.63, 3.8) is 0 Å². The molecule has 0 spiro atoms. The number of aliphatic hydroxyl groups is 1.